The second kappa shape index (κ2) is 4.62. The van der Waals surface area contributed by atoms with Crippen LogP contribution in [0.5, 0.6) is 0 Å². The van der Waals surface area contributed by atoms with Gasteiger partial charge in [-0.1, -0.05) is 32.9 Å². The molecule has 1 nitrogen and oxygen atoms in total. The van der Waals surface area contributed by atoms with Gasteiger partial charge in [-0.15, -0.1) is 0 Å². The summed E-state index contributed by atoms with van der Waals surface area (Å²) < 4.78 is 6.17. The van der Waals surface area contributed by atoms with E-state index in [0.717, 1.165) is 17.6 Å². The average Bonchev–Trinajstić information content (AvgIpc) is 2.72. The normalized spacial score (nSPS) is 12.5. The van der Waals surface area contributed by atoms with E-state index in [1.807, 2.05) is 0 Å². The third kappa shape index (κ3) is 2.46. The van der Waals surface area contributed by atoms with Gasteiger partial charge in [0.25, 0.3) is 0 Å². The maximum absolute atomic E-state index is 6.17. The van der Waals surface area contributed by atoms with Crippen LogP contribution >= 0.6 is 0 Å². The maximum Gasteiger partial charge on any atom is 0.138 e. The zero-order valence-corrected chi connectivity index (χ0v) is 13.9. The van der Waals surface area contributed by atoms with Crippen LogP contribution in [0.25, 0.3) is 21.9 Å². The lowest BCUT2D eigenvalue weighted by Gasteiger charge is -2.17. The Morgan fingerprint density at radius 1 is 0.905 bits per heavy atom. The fraction of sp³-hybridized carbons (Fsp3) is 0.400. The van der Waals surface area contributed by atoms with Crippen molar-refractivity contribution in [3.8, 4) is 0 Å². The van der Waals surface area contributed by atoms with Gasteiger partial charge >= 0.3 is 0 Å². The Hall–Kier alpha value is -1.76. The molecule has 0 aliphatic rings. The molecule has 0 fully saturated rings. The van der Waals surface area contributed by atoms with Gasteiger partial charge in [0.2, 0.25) is 0 Å². The fourth-order valence-electron chi connectivity index (χ4n) is 3.10. The number of furan rings is 1. The summed E-state index contributed by atoms with van der Waals surface area (Å²) in [5.41, 5.74) is 7.63. The first-order valence-corrected chi connectivity index (χ1v) is 7.68. The van der Waals surface area contributed by atoms with Crippen molar-refractivity contribution in [2.45, 2.75) is 48.0 Å². The predicted octanol–water partition coefficient (Wildman–Crippen LogP) is 6.10. The van der Waals surface area contributed by atoms with Gasteiger partial charge in [0.15, 0.2) is 0 Å². The molecule has 21 heavy (non-hydrogen) atoms. The summed E-state index contributed by atoms with van der Waals surface area (Å²) >= 11 is 0. The molecule has 1 aromatic heterocycles. The van der Waals surface area contributed by atoms with Crippen LogP contribution in [0.3, 0.4) is 0 Å². The Bertz CT molecular complexity index is 829. The van der Waals surface area contributed by atoms with Crippen molar-refractivity contribution in [2.24, 2.45) is 5.41 Å². The molecule has 110 valence electrons. The monoisotopic (exact) mass is 280 g/mol. The minimum Gasteiger partial charge on any atom is -0.456 e. The van der Waals surface area contributed by atoms with Crippen LogP contribution in [-0.4, -0.2) is 0 Å². The molecule has 1 heteroatoms. The molecule has 2 aromatic carbocycles. The molecular formula is C20H24O. The summed E-state index contributed by atoms with van der Waals surface area (Å²) in [6.07, 6.45) is 1.07. The van der Waals surface area contributed by atoms with Crippen LogP contribution in [-0.2, 0) is 6.42 Å². The first kappa shape index (κ1) is 14.2. The molecule has 0 bridgehead atoms. The molecule has 0 spiro atoms. The van der Waals surface area contributed by atoms with E-state index in [2.05, 4.69) is 65.8 Å². The molecular weight excluding hydrogens is 256 g/mol. The molecule has 1 heterocycles. The molecule has 0 atom stereocenters. The minimum atomic E-state index is 0.294. The highest BCUT2D eigenvalue weighted by molar-refractivity contribution is 6.06. The number of benzene rings is 2. The van der Waals surface area contributed by atoms with E-state index in [9.17, 15) is 0 Å². The van der Waals surface area contributed by atoms with Crippen LogP contribution < -0.4 is 0 Å². The first-order chi connectivity index (χ1) is 9.76. The largest absolute Gasteiger partial charge is 0.456 e. The Labute approximate surface area is 127 Å². The summed E-state index contributed by atoms with van der Waals surface area (Å²) in [6.45, 7) is 13.3. The summed E-state index contributed by atoms with van der Waals surface area (Å²) in [7, 11) is 0. The van der Waals surface area contributed by atoms with Gasteiger partial charge in [0, 0.05) is 10.8 Å². The summed E-state index contributed by atoms with van der Waals surface area (Å²) in [6, 6.07) is 8.93. The van der Waals surface area contributed by atoms with E-state index < -0.39 is 0 Å². The molecule has 0 unspecified atom stereocenters. The quantitative estimate of drug-likeness (QED) is 0.525. The molecule has 0 aliphatic carbocycles. The molecule has 0 N–H and O–H groups in total. The number of fused-ring (bicyclic) bond motifs is 3. The van der Waals surface area contributed by atoms with Crippen LogP contribution in [0, 0.1) is 26.2 Å². The van der Waals surface area contributed by atoms with E-state index in [4.69, 9.17) is 4.42 Å². The standard InChI is InChI=1S/C20H24O/c1-12-9-17-16-8-7-15(11-20(4,5)6)10-18(16)21-19(17)14(3)13(12)2/h7-10H,11H2,1-6H3. The fourth-order valence-corrected chi connectivity index (χ4v) is 3.10. The first-order valence-electron chi connectivity index (χ1n) is 7.68. The smallest absolute Gasteiger partial charge is 0.138 e. The summed E-state index contributed by atoms with van der Waals surface area (Å²) in [5.74, 6) is 0. The van der Waals surface area contributed by atoms with Crippen molar-refractivity contribution in [1.82, 2.24) is 0 Å². The molecule has 3 aromatic rings. The third-order valence-electron chi connectivity index (χ3n) is 4.38. The number of rotatable bonds is 1. The summed E-state index contributed by atoms with van der Waals surface area (Å²) in [5, 5.41) is 2.47. The molecule has 3 rings (SSSR count). The highest BCUT2D eigenvalue weighted by Gasteiger charge is 2.15. The maximum atomic E-state index is 6.17. The second-order valence-electron chi connectivity index (χ2n) is 7.49. The Morgan fingerprint density at radius 3 is 2.29 bits per heavy atom. The topological polar surface area (TPSA) is 13.1 Å². The molecule has 0 amide bonds. The van der Waals surface area contributed by atoms with E-state index in [-0.39, 0.29) is 0 Å². The zero-order valence-electron chi connectivity index (χ0n) is 13.9. The Balaban J connectivity index is 2.24. The molecule has 0 saturated heterocycles. The van der Waals surface area contributed by atoms with Crippen LogP contribution in [0.15, 0.2) is 28.7 Å². The SMILES string of the molecule is Cc1cc2c(oc3cc(CC(C)(C)C)ccc32)c(C)c1C. The highest BCUT2D eigenvalue weighted by Crippen LogP contribution is 2.34. The Kier molecular flexibility index (Phi) is 3.12. The molecule has 0 aliphatic heterocycles. The second-order valence-corrected chi connectivity index (χ2v) is 7.49. The van der Waals surface area contributed by atoms with E-state index in [1.54, 1.807) is 0 Å². The van der Waals surface area contributed by atoms with Crippen LogP contribution in [0.2, 0.25) is 0 Å². The van der Waals surface area contributed by atoms with Gasteiger partial charge in [-0.2, -0.15) is 0 Å². The van der Waals surface area contributed by atoms with Crippen molar-refractivity contribution in [3.63, 3.8) is 0 Å². The van der Waals surface area contributed by atoms with Gasteiger partial charge < -0.3 is 4.42 Å². The minimum absolute atomic E-state index is 0.294. The third-order valence-corrected chi connectivity index (χ3v) is 4.38. The van der Waals surface area contributed by atoms with Gasteiger partial charge in [0.05, 0.1) is 0 Å². The number of aryl methyl sites for hydroxylation is 2. The number of hydrogen-bond acceptors (Lipinski definition) is 1. The van der Waals surface area contributed by atoms with Gasteiger partial charge in [0.1, 0.15) is 11.2 Å². The van der Waals surface area contributed by atoms with E-state index >= 15 is 0 Å². The van der Waals surface area contributed by atoms with Gasteiger partial charge in [-0.05, 0) is 67.0 Å². The van der Waals surface area contributed by atoms with E-state index in [1.165, 1.54) is 33.0 Å². The van der Waals surface area contributed by atoms with Gasteiger partial charge in [-0.25, -0.2) is 0 Å². The number of hydrogen-bond donors (Lipinski definition) is 0. The van der Waals surface area contributed by atoms with Crippen LogP contribution in [0.4, 0.5) is 0 Å². The lowest BCUT2D eigenvalue weighted by atomic mass is 9.88. The molecule has 0 radical (unpaired) electrons. The predicted molar refractivity (Wildman–Crippen MR) is 91.1 cm³/mol. The summed E-state index contributed by atoms with van der Waals surface area (Å²) in [4.78, 5) is 0. The van der Waals surface area contributed by atoms with Crippen LogP contribution in [0.1, 0.15) is 43.0 Å². The van der Waals surface area contributed by atoms with Gasteiger partial charge in [-0.3, -0.25) is 0 Å². The van der Waals surface area contributed by atoms with Crippen molar-refractivity contribution in [3.05, 3.63) is 46.5 Å². The lowest BCUT2D eigenvalue weighted by Crippen LogP contribution is -2.08. The molecule has 0 saturated carbocycles. The van der Waals surface area contributed by atoms with Crippen molar-refractivity contribution >= 4 is 21.9 Å². The lowest BCUT2D eigenvalue weighted by molar-refractivity contribution is 0.411. The zero-order chi connectivity index (χ0) is 15.4. The average molecular weight is 280 g/mol. The van der Waals surface area contributed by atoms with Crippen molar-refractivity contribution in [2.75, 3.05) is 0 Å². The highest BCUT2D eigenvalue weighted by atomic mass is 16.3. The van der Waals surface area contributed by atoms with Crippen molar-refractivity contribution in [1.29, 1.82) is 0 Å². The Morgan fingerprint density at radius 2 is 1.62 bits per heavy atom. The van der Waals surface area contributed by atoms with Crippen molar-refractivity contribution < 1.29 is 4.42 Å². The van der Waals surface area contributed by atoms with E-state index in [0.29, 0.717) is 5.41 Å².